The summed E-state index contributed by atoms with van der Waals surface area (Å²) in [5.41, 5.74) is 2.61. The average Bonchev–Trinajstić information content (AvgIpc) is 3.25. The van der Waals surface area contributed by atoms with E-state index in [2.05, 4.69) is 15.6 Å². The fourth-order valence-corrected chi connectivity index (χ4v) is 5.01. The van der Waals surface area contributed by atoms with Crippen LogP contribution < -0.4 is 15.5 Å². The van der Waals surface area contributed by atoms with E-state index in [-0.39, 0.29) is 36.4 Å². The highest BCUT2D eigenvalue weighted by Gasteiger charge is 2.29. The lowest BCUT2D eigenvalue weighted by atomic mass is 9.89. The molecular weight excluding hydrogens is 468 g/mol. The maximum atomic E-state index is 13.0. The van der Waals surface area contributed by atoms with Gasteiger partial charge in [-0.05, 0) is 49.2 Å². The van der Waals surface area contributed by atoms with Gasteiger partial charge in [-0.25, -0.2) is 0 Å². The van der Waals surface area contributed by atoms with Gasteiger partial charge in [-0.1, -0.05) is 30.5 Å². The number of nitrogens with zero attached hydrogens (tertiary/aromatic N) is 1. The molecule has 182 valence electrons. The minimum absolute atomic E-state index is 0.0730. The molecule has 2 heterocycles. The van der Waals surface area contributed by atoms with Gasteiger partial charge in [-0.2, -0.15) is 0 Å². The smallest absolute Gasteiger partial charge is 0.253 e. The zero-order chi connectivity index (χ0) is 24.4. The first kappa shape index (κ1) is 23.4. The van der Waals surface area contributed by atoms with Gasteiger partial charge in [0, 0.05) is 52.5 Å². The number of benzene rings is 2. The molecule has 0 bridgehead atoms. The zero-order valence-corrected chi connectivity index (χ0v) is 19.9. The Balaban J connectivity index is 1.24. The molecule has 1 saturated heterocycles. The standard InChI is InChI=1S/C26H27ClN4O4/c27-20-14-28-23-13-17(7-10-19(20)23)26(34)30-22-4-2-1-3-21(22)29-25(33)16-5-8-18(9-6-16)31-11-12-35-15-24(31)32/h5-10,13-14,21-22,28H,1-4,11-12,15H2,(H,29,33)(H,30,34). The van der Waals surface area contributed by atoms with E-state index >= 15 is 0 Å². The Morgan fingerprint density at radius 2 is 1.63 bits per heavy atom. The Labute approximate surface area is 208 Å². The number of nitrogens with one attached hydrogen (secondary N) is 3. The molecule has 2 aliphatic rings. The summed E-state index contributed by atoms with van der Waals surface area (Å²) in [6.45, 7) is 1.07. The highest BCUT2D eigenvalue weighted by atomic mass is 35.5. The lowest BCUT2D eigenvalue weighted by Crippen LogP contribution is -2.53. The first-order valence-corrected chi connectivity index (χ1v) is 12.2. The van der Waals surface area contributed by atoms with Crippen molar-refractivity contribution in [2.24, 2.45) is 0 Å². The van der Waals surface area contributed by atoms with E-state index in [1.807, 2.05) is 6.07 Å². The number of aromatic amines is 1. The summed E-state index contributed by atoms with van der Waals surface area (Å²) in [6, 6.07) is 12.1. The van der Waals surface area contributed by atoms with Crippen LogP contribution in [-0.4, -0.2) is 54.5 Å². The summed E-state index contributed by atoms with van der Waals surface area (Å²) in [7, 11) is 0. The zero-order valence-electron chi connectivity index (χ0n) is 19.2. The number of amides is 3. The molecule has 1 aromatic heterocycles. The van der Waals surface area contributed by atoms with Gasteiger partial charge in [0.2, 0.25) is 0 Å². The largest absolute Gasteiger partial charge is 0.370 e. The second kappa shape index (κ2) is 10.1. The van der Waals surface area contributed by atoms with Gasteiger partial charge in [-0.15, -0.1) is 0 Å². The van der Waals surface area contributed by atoms with Crippen molar-refractivity contribution >= 4 is 45.9 Å². The van der Waals surface area contributed by atoms with E-state index in [4.69, 9.17) is 16.3 Å². The molecule has 3 N–H and O–H groups in total. The summed E-state index contributed by atoms with van der Waals surface area (Å²) in [5, 5.41) is 7.71. The average molecular weight is 495 g/mol. The van der Waals surface area contributed by atoms with Crippen molar-refractivity contribution < 1.29 is 19.1 Å². The molecule has 2 atom stereocenters. The third-order valence-electron chi connectivity index (χ3n) is 6.72. The van der Waals surface area contributed by atoms with E-state index in [1.54, 1.807) is 47.5 Å². The highest BCUT2D eigenvalue weighted by Crippen LogP contribution is 2.25. The molecular formula is C26H27ClN4O4. The Hall–Kier alpha value is -3.36. The Bertz CT molecular complexity index is 1260. The predicted molar refractivity (Wildman–Crippen MR) is 134 cm³/mol. The predicted octanol–water partition coefficient (Wildman–Crippen LogP) is 3.66. The molecule has 2 aromatic carbocycles. The molecule has 2 unspecified atom stereocenters. The molecule has 8 nitrogen and oxygen atoms in total. The van der Waals surface area contributed by atoms with Crippen LogP contribution in [0.2, 0.25) is 5.02 Å². The number of carbonyl (C=O) groups is 3. The van der Waals surface area contributed by atoms with Gasteiger partial charge in [0.1, 0.15) is 6.61 Å². The number of rotatable bonds is 5. The first-order valence-electron chi connectivity index (χ1n) is 11.9. The molecule has 3 amide bonds. The van der Waals surface area contributed by atoms with Crippen LogP contribution in [0.5, 0.6) is 0 Å². The summed E-state index contributed by atoms with van der Waals surface area (Å²) in [5.74, 6) is -0.463. The fourth-order valence-electron chi connectivity index (χ4n) is 4.80. The lowest BCUT2D eigenvalue weighted by molar-refractivity contribution is -0.125. The van der Waals surface area contributed by atoms with E-state index in [0.717, 1.165) is 42.3 Å². The third-order valence-corrected chi connectivity index (χ3v) is 7.03. The second-order valence-electron chi connectivity index (χ2n) is 8.99. The number of ether oxygens (including phenoxy) is 1. The Morgan fingerprint density at radius 1 is 0.971 bits per heavy atom. The van der Waals surface area contributed by atoms with E-state index in [1.165, 1.54) is 0 Å². The highest BCUT2D eigenvalue weighted by molar-refractivity contribution is 6.35. The van der Waals surface area contributed by atoms with E-state index in [0.29, 0.717) is 29.3 Å². The van der Waals surface area contributed by atoms with Crippen molar-refractivity contribution in [3.8, 4) is 0 Å². The summed E-state index contributed by atoms with van der Waals surface area (Å²) >= 11 is 6.14. The molecule has 35 heavy (non-hydrogen) atoms. The van der Waals surface area contributed by atoms with Crippen LogP contribution in [0.4, 0.5) is 5.69 Å². The van der Waals surface area contributed by atoms with Crippen LogP contribution in [0.25, 0.3) is 10.9 Å². The number of halogens is 1. The summed E-state index contributed by atoms with van der Waals surface area (Å²) in [4.78, 5) is 42.7. The van der Waals surface area contributed by atoms with Crippen LogP contribution in [-0.2, 0) is 9.53 Å². The molecule has 5 rings (SSSR count). The van der Waals surface area contributed by atoms with Crippen molar-refractivity contribution in [3.63, 3.8) is 0 Å². The maximum Gasteiger partial charge on any atom is 0.253 e. The summed E-state index contributed by atoms with van der Waals surface area (Å²) < 4.78 is 5.17. The van der Waals surface area contributed by atoms with Crippen LogP contribution in [0, 0.1) is 0 Å². The van der Waals surface area contributed by atoms with Crippen LogP contribution in [0.3, 0.4) is 0 Å². The quantitative estimate of drug-likeness (QED) is 0.503. The molecule has 0 radical (unpaired) electrons. The molecule has 2 fully saturated rings. The van der Waals surface area contributed by atoms with Crippen molar-refractivity contribution in [2.75, 3.05) is 24.7 Å². The van der Waals surface area contributed by atoms with Gasteiger partial charge in [0.25, 0.3) is 17.7 Å². The Kier molecular flexibility index (Phi) is 6.74. The normalized spacial score (nSPS) is 20.6. The molecule has 1 aliphatic heterocycles. The first-order chi connectivity index (χ1) is 17.0. The number of anilines is 1. The van der Waals surface area contributed by atoms with Gasteiger partial charge in [0.05, 0.1) is 11.6 Å². The summed E-state index contributed by atoms with van der Waals surface area (Å²) in [6.07, 6.45) is 5.27. The van der Waals surface area contributed by atoms with Crippen LogP contribution >= 0.6 is 11.6 Å². The number of carbonyl (C=O) groups excluding carboxylic acids is 3. The number of morpholine rings is 1. The van der Waals surface area contributed by atoms with Crippen molar-refractivity contribution in [3.05, 3.63) is 64.8 Å². The monoisotopic (exact) mass is 494 g/mol. The lowest BCUT2D eigenvalue weighted by Gasteiger charge is -2.33. The molecule has 0 spiro atoms. The van der Waals surface area contributed by atoms with E-state index < -0.39 is 0 Å². The minimum Gasteiger partial charge on any atom is -0.370 e. The Morgan fingerprint density at radius 3 is 2.31 bits per heavy atom. The maximum absolute atomic E-state index is 13.0. The minimum atomic E-state index is -0.196. The number of fused-ring (bicyclic) bond motifs is 1. The molecule has 1 saturated carbocycles. The number of aromatic nitrogens is 1. The van der Waals surface area contributed by atoms with E-state index in [9.17, 15) is 14.4 Å². The van der Waals surface area contributed by atoms with Crippen LogP contribution in [0.15, 0.2) is 48.7 Å². The van der Waals surface area contributed by atoms with Crippen molar-refractivity contribution in [1.29, 1.82) is 0 Å². The molecule has 9 heteroatoms. The third kappa shape index (κ3) is 5.04. The van der Waals surface area contributed by atoms with Crippen molar-refractivity contribution in [1.82, 2.24) is 15.6 Å². The van der Waals surface area contributed by atoms with Crippen molar-refractivity contribution in [2.45, 2.75) is 37.8 Å². The van der Waals surface area contributed by atoms with Gasteiger partial charge in [-0.3, -0.25) is 14.4 Å². The molecule has 3 aromatic rings. The van der Waals surface area contributed by atoms with Gasteiger partial charge in [0.15, 0.2) is 0 Å². The SMILES string of the molecule is O=C(NC1CCCCC1NC(=O)c1ccc2c(Cl)c[nH]c2c1)c1ccc(N2CCOCC2=O)cc1. The van der Waals surface area contributed by atoms with Gasteiger partial charge >= 0.3 is 0 Å². The van der Waals surface area contributed by atoms with Crippen LogP contribution in [0.1, 0.15) is 46.4 Å². The second-order valence-corrected chi connectivity index (χ2v) is 9.39. The molecule has 1 aliphatic carbocycles. The number of hydrogen-bond donors (Lipinski definition) is 3. The van der Waals surface area contributed by atoms with Gasteiger partial charge < -0.3 is 25.3 Å². The fraction of sp³-hybridized carbons (Fsp3) is 0.346. The number of H-pyrrole nitrogens is 1. The topological polar surface area (TPSA) is 104 Å². The number of hydrogen-bond acceptors (Lipinski definition) is 4.